The zero-order valence-electron chi connectivity index (χ0n) is 15.8. The van der Waals surface area contributed by atoms with Gasteiger partial charge in [0.05, 0.1) is 0 Å². The van der Waals surface area contributed by atoms with Crippen molar-refractivity contribution in [3.8, 4) is 0 Å². The molecule has 1 spiro atoms. The van der Waals surface area contributed by atoms with E-state index in [-0.39, 0.29) is 17.2 Å². The smallest absolute Gasteiger partial charge is 0.224 e. The van der Waals surface area contributed by atoms with E-state index in [1.165, 1.54) is 0 Å². The first-order chi connectivity index (χ1) is 12.6. The average molecular weight is 358 g/mol. The summed E-state index contributed by atoms with van der Waals surface area (Å²) in [6.07, 6.45) is 10.5. The lowest BCUT2D eigenvalue weighted by atomic mass is 9.72. The first-order valence-corrected chi connectivity index (χ1v) is 9.73. The number of hydrogen-bond donors (Lipinski definition) is 0. The average Bonchev–Trinajstić information content (AvgIpc) is 3.11. The monoisotopic (exact) mass is 358 g/mol. The summed E-state index contributed by atoms with van der Waals surface area (Å²) in [5.74, 6) is 1.50. The molecule has 1 aromatic heterocycles. The molecule has 0 bridgehead atoms. The SMILES string of the molecule is C=CCN1CC2(CCC1=O)CCN(C(=O)CCn1ccnc1CC)CC2. The van der Waals surface area contributed by atoms with Crippen molar-refractivity contribution in [2.75, 3.05) is 26.2 Å². The Balaban J connectivity index is 1.50. The molecule has 2 aliphatic rings. The third-order valence-electron chi connectivity index (χ3n) is 5.96. The maximum absolute atomic E-state index is 12.6. The number of nitrogens with zero attached hydrogens (tertiary/aromatic N) is 4. The number of aryl methyl sites for hydroxylation is 2. The van der Waals surface area contributed by atoms with E-state index in [1.807, 2.05) is 16.0 Å². The van der Waals surface area contributed by atoms with Crippen LogP contribution in [0, 0.1) is 5.41 Å². The molecule has 142 valence electrons. The fourth-order valence-electron chi connectivity index (χ4n) is 4.30. The summed E-state index contributed by atoms with van der Waals surface area (Å²) in [4.78, 5) is 32.9. The van der Waals surface area contributed by atoms with Gasteiger partial charge in [0.2, 0.25) is 11.8 Å². The van der Waals surface area contributed by atoms with E-state index >= 15 is 0 Å². The van der Waals surface area contributed by atoms with Crippen LogP contribution in [-0.4, -0.2) is 57.3 Å². The highest BCUT2D eigenvalue weighted by molar-refractivity contribution is 5.78. The Kier molecular flexibility index (Phi) is 5.79. The van der Waals surface area contributed by atoms with Crippen LogP contribution in [0.25, 0.3) is 0 Å². The van der Waals surface area contributed by atoms with Crippen LogP contribution in [0.2, 0.25) is 0 Å². The molecule has 0 aromatic carbocycles. The minimum Gasteiger partial charge on any atom is -0.343 e. The second kappa shape index (κ2) is 8.06. The van der Waals surface area contributed by atoms with Gasteiger partial charge in [0, 0.05) is 64.4 Å². The largest absolute Gasteiger partial charge is 0.343 e. The van der Waals surface area contributed by atoms with Crippen molar-refractivity contribution < 1.29 is 9.59 Å². The van der Waals surface area contributed by atoms with E-state index in [0.717, 1.165) is 51.1 Å². The third kappa shape index (κ3) is 4.00. The minimum absolute atomic E-state index is 0.188. The molecule has 0 aliphatic carbocycles. The van der Waals surface area contributed by atoms with Crippen LogP contribution >= 0.6 is 0 Å². The molecule has 0 radical (unpaired) electrons. The van der Waals surface area contributed by atoms with Gasteiger partial charge in [-0.3, -0.25) is 9.59 Å². The normalized spacial score (nSPS) is 19.8. The van der Waals surface area contributed by atoms with Crippen molar-refractivity contribution in [3.05, 3.63) is 30.9 Å². The molecule has 2 saturated heterocycles. The van der Waals surface area contributed by atoms with Crippen molar-refractivity contribution >= 4 is 11.8 Å². The molecule has 2 fully saturated rings. The third-order valence-corrected chi connectivity index (χ3v) is 5.96. The number of aromatic nitrogens is 2. The van der Waals surface area contributed by atoms with Crippen LogP contribution in [0.4, 0.5) is 0 Å². The number of piperidine rings is 2. The van der Waals surface area contributed by atoms with E-state index in [4.69, 9.17) is 0 Å². The van der Waals surface area contributed by atoms with Crippen molar-refractivity contribution in [2.45, 2.75) is 52.0 Å². The summed E-state index contributed by atoms with van der Waals surface area (Å²) in [5.41, 5.74) is 0.188. The number of amides is 2. The van der Waals surface area contributed by atoms with Crippen LogP contribution in [0.5, 0.6) is 0 Å². The minimum atomic E-state index is 0.188. The summed E-state index contributed by atoms with van der Waals surface area (Å²) in [6.45, 7) is 9.59. The Morgan fingerprint density at radius 3 is 2.81 bits per heavy atom. The molecule has 0 unspecified atom stereocenters. The van der Waals surface area contributed by atoms with Gasteiger partial charge >= 0.3 is 0 Å². The van der Waals surface area contributed by atoms with E-state index in [2.05, 4.69) is 23.1 Å². The van der Waals surface area contributed by atoms with Gasteiger partial charge < -0.3 is 14.4 Å². The van der Waals surface area contributed by atoms with Gasteiger partial charge in [0.15, 0.2) is 0 Å². The van der Waals surface area contributed by atoms with Gasteiger partial charge in [0.1, 0.15) is 5.82 Å². The van der Waals surface area contributed by atoms with Gasteiger partial charge in [-0.05, 0) is 24.7 Å². The molecule has 6 nitrogen and oxygen atoms in total. The lowest BCUT2D eigenvalue weighted by Crippen LogP contribution is -2.52. The Hall–Kier alpha value is -2.11. The zero-order valence-corrected chi connectivity index (χ0v) is 15.8. The number of likely N-dealkylation sites (tertiary alicyclic amines) is 2. The van der Waals surface area contributed by atoms with Gasteiger partial charge in [-0.2, -0.15) is 0 Å². The van der Waals surface area contributed by atoms with Gasteiger partial charge in [-0.25, -0.2) is 4.98 Å². The molecular formula is C20H30N4O2. The van der Waals surface area contributed by atoms with Crippen molar-refractivity contribution in [2.24, 2.45) is 5.41 Å². The maximum atomic E-state index is 12.6. The quantitative estimate of drug-likeness (QED) is 0.733. The predicted molar refractivity (Wildman–Crippen MR) is 100 cm³/mol. The molecule has 6 heteroatoms. The lowest BCUT2D eigenvalue weighted by molar-refractivity contribution is -0.142. The second-order valence-corrected chi connectivity index (χ2v) is 7.58. The highest BCUT2D eigenvalue weighted by Crippen LogP contribution is 2.40. The van der Waals surface area contributed by atoms with Crippen LogP contribution in [0.3, 0.4) is 0 Å². The highest BCUT2D eigenvalue weighted by atomic mass is 16.2. The van der Waals surface area contributed by atoms with E-state index in [1.54, 1.807) is 12.3 Å². The molecule has 2 amide bonds. The summed E-state index contributed by atoms with van der Waals surface area (Å²) < 4.78 is 2.07. The van der Waals surface area contributed by atoms with Crippen molar-refractivity contribution in [1.29, 1.82) is 0 Å². The molecule has 2 aliphatic heterocycles. The first-order valence-electron chi connectivity index (χ1n) is 9.73. The number of imidazole rings is 1. The summed E-state index contributed by atoms with van der Waals surface area (Å²) in [5, 5.41) is 0. The lowest BCUT2D eigenvalue weighted by Gasteiger charge is -2.47. The fourth-order valence-corrected chi connectivity index (χ4v) is 4.30. The van der Waals surface area contributed by atoms with Crippen molar-refractivity contribution in [3.63, 3.8) is 0 Å². The second-order valence-electron chi connectivity index (χ2n) is 7.58. The standard InChI is InChI=1S/C20H30N4O2/c1-3-11-24-16-20(7-5-18(24)25)8-13-23(14-9-20)19(26)6-12-22-15-10-21-17(22)4-2/h3,10,15H,1,4-9,11-14,16H2,2H3. The predicted octanol–water partition coefficient (Wildman–Crippen LogP) is 2.25. The van der Waals surface area contributed by atoms with Crippen molar-refractivity contribution in [1.82, 2.24) is 19.4 Å². The Labute approximate surface area is 155 Å². The van der Waals surface area contributed by atoms with E-state index in [9.17, 15) is 9.59 Å². The molecular weight excluding hydrogens is 328 g/mol. The Morgan fingerprint density at radius 2 is 2.12 bits per heavy atom. The van der Waals surface area contributed by atoms with E-state index < -0.39 is 0 Å². The number of carbonyl (C=O) groups excluding carboxylic acids is 2. The zero-order chi connectivity index (χ0) is 18.6. The topological polar surface area (TPSA) is 58.4 Å². The Morgan fingerprint density at radius 1 is 1.35 bits per heavy atom. The van der Waals surface area contributed by atoms with Gasteiger partial charge in [-0.1, -0.05) is 13.0 Å². The Bertz CT molecular complexity index is 659. The van der Waals surface area contributed by atoms with Gasteiger partial charge in [0.25, 0.3) is 0 Å². The first kappa shape index (κ1) is 18.7. The molecule has 26 heavy (non-hydrogen) atoms. The molecule has 1 aromatic rings. The molecule has 0 atom stereocenters. The molecule has 3 rings (SSSR count). The van der Waals surface area contributed by atoms with Crippen LogP contribution in [0.15, 0.2) is 25.0 Å². The number of hydrogen-bond acceptors (Lipinski definition) is 3. The molecule has 3 heterocycles. The van der Waals surface area contributed by atoms with Gasteiger partial charge in [-0.15, -0.1) is 6.58 Å². The van der Waals surface area contributed by atoms with E-state index in [0.29, 0.717) is 25.9 Å². The summed E-state index contributed by atoms with van der Waals surface area (Å²) >= 11 is 0. The van der Waals surface area contributed by atoms with Crippen LogP contribution in [0.1, 0.15) is 44.9 Å². The molecule has 0 saturated carbocycles. The number of rotatable bonds is 6. The summed E-state index contributed by atoms with van der Waals surface area (Å²) in [6, 6.07) is 0. The fraction of sp³-hybridized carbons (Fsp3) is 0.650. The summed E-state index contributed by atoms with van der Waals surface area (Å²) in [7, 11) is 0. The van der Waals surface area contributed by atoms with Crippen LogP contribution < -0.4 is 0 Å². The molecule has 0 N–H and O–H groups in total. The number of carbonyl (C=O) groups is 2. The highest BCUT2D eigenvalue weighted by Gasteiger charge is 2.41. The maximum Gasteiger partial charge on any atom is 0.224 e. The van der Waals surface area contributed by atoms with Crippen LogP contribution in [-0.2, 0) is 22.6 Å².